The van der Waals surface area contributed by atoms with Crippen LogP contribution in [0.1, 0.15) is 32.1 Å². The lowest BCUT2D eigenvalue weighted by Gasteiger charge is -2.15. The van der Waals surface area contributed by atoms with Crippen molar-refractivity contribution in [2.75, 3.05) is 40.0 Å². The Morgan fingerprint density at radius 3 is 2.80 bits per heavy atom. The number of ether oxygens (including phenoxy) is 2. The third-order valence-electron chi connectivity index (χ3n) is 3.55. The number of aliphatic imine (C=N–C) groups is 1. The van der Waals surface area contributed by atoms with Crippen molar-refractivity contribution in [3.63, 3.8) is 0 Å². The summed E-state index contributed by atoms with van der Waals surface area (Å²) in [5, 5.41) is 6.60. The van der Waals surface area contributed by atoms with E-state index in [2.05, 4.69) is 15.6 Å². The van der Waals surface area contributed by atoms with E-state index in [1.54, 1.807) is 7.05 Å². The van der Waals surface area contributed by atoms with Gasteiger partial charge in [-0.3, -0.25) is 4.99 Å². The van der Waals surface area contributed by atoms with Crippen LogP contribution < -0.4 is 10.6 Å². The molecule has 2 rings (SSSR count). The molecule has 0 radical (unpaired) electrons. The maximum Gasteiger partial charge on any atom is 0.191 e. The Kier molecular flexibility index (Phi) is 9.54. The lowest BCUT2D eigenvalue weighted by molar-refractivity contribution is 0.113. The van der Waals surface area contributed by atoms with Crippen molar-refractivity contribution in [2.24, 2.45) is 10.9 Å². The summed E-state index contributed by atoms with van der Waals surface area (Å²) >= 11 is 0. The molecule has 0 aromatic heterocycles. The highest BCUT2D eigenvalue weighted by Gasteiger charge is 2.20. The Morgan fingerprint density at radius 2 is 2.15 bits per heavy atom. The summed E-state index contributed by atoms with van der Waals surface area (Å²) in [6.07, 6.45) is 6.42. The first-order valence-electron chi connectivity index (χ1n) is 7.52. The van der Waals surface area contributed by atoms with E-state index in [1.807, 2.05) is 0 Å². The average Bonchev–Trinajstić information content (AvgIpc) is 3.11. The molecule has 2 N–H and O–H groups in total. The number of hydrogen-bond acceptors (Lipinski definition) is 3. The summed E-state index contributed by atoms with van der Waals surface area (Å²) < 4.78 is 11.2. The summed E-state index contributed by atoms with van der Waals surface area (Å²) in [5.41, 5.74) is 0. The third-order valence-corrected chi connectivity index (χ3v) is 3.55. The van der Waals surface area contributed by atoms with Crippen LogP contribution >= 0.6 is 24.0 Å². The summed E-state index contributed by atoms with van der Waals surface area (Å²) in [6, 6.07) is 0. The van der Waals surface area contributed by atoms with Gasteiger partial charge in [-0.2, -0.15) is 0 Å². The maximum atomic E-state index is 5.59. The van der Waals surface area contributed by atoms with Crippen LogP contribution in [0, 0.1) is 5.92 Å². The van der Waals surface area contributed by atoms with E-state index in [4.69, 9.17) is 9.47 Å². The fourth-order valence-corrected chi connectivity index (χ4v) is 2.15. The van der Waals surface area contributed by atoms with Crippen LogP contribution in [-0.2, 0) is 9.47 Å². The standard InChI is InChI=1S/C14H27N3O2.HI/c1-15-14(17-10-13-4-2-9-19-13)16-7-3-8-18-11-12-5-6-12;/h12-13H,2-11H2,1H3,(H2,15,16,17);1H. The van der Waals surface area contributed by atoms with E-state index in [-0.39, 0.29) is 24.0 Å². The van der Waals surface area contributed by atoms with E-state index in [0.717, 1.165) is 57.6 Å². The van der Waals surface area contributed by atoms with Crippen molar-refractivity contribution >= 4 is 29.9 Å². The molecule has 1 aliphatic heterocycles. The van der Waals surface area contributed by atoms with Crippen molar-refractivity contribution in [2.45, 2.75) is 38.2 Å². The summed E-state index contributed by atoms with van der Waals surface area (Å²) in [7, 11) is 1.80. The van der Waals surface area contributed by atoms with Crippen LogP contribution in [0.4, 0.5) is 0 Å². The Bertz CT molecular complexity index is 280. The molecule has 0 spiro atoms. The van der Waals surface area contributed by atoms with Gasteiger partial charge in [-0.25, -0.2) is 0 Å². The molecule has 6 heteroatoms. The predicted octanol–water partition coefficient (Wildman–Crippen LogP) is 1.77. The fraction of sp³-hybridized carbons (Fsp3) is 0.929. The average molecular weight is 397 g/mol. The van der Waals surface area contributed by atoms with Gasteiger partial charge in [0.05, 0.1) is 6.10 Å². The highest BCUT2D eigenvalue weighted by Crippen LogP contribution is 2.28. The zero-order chi connectivity index (χ0) is 13.3. The Balaban J connectivity index is 0.00000200. The minimum Gasteiger partial charge on any atom is -0.381 e. The molecule has 1 heterocycles. The molecule has 20 heavy (non-hydrogen) atoms. The van der Waals surface area contributed by atoms with E-state index >= 15 is 0 Å². The van der Waals surface area contributed by atoms with Gasteiger partial charge in [-0.15, -0.1) is 24.0 Å². The Labute approximate surface area is 139 Å². The highest BCUT2D eigenvalue weighted by atomic mass is 127. The second-order valence-electron chi connectivity index (χ2n) is 5.39. The second kappa shape index (κ2) is 10.6. The first-order chi connectivity index (χ1) is 9.38. The van der Waals surface area contributed by atoms with Gasteiger partial charge < -0.3 is 20.1 Å². The number of hydrogen-bond donors (Lipinski definition) is 2. The molecule has 1 unspecified atom stereocenters. The minimum absolute atomic E-state index is 0. The SMILES string of the molecule is CN=C(NCCCOCC1CC1)NCC1CCCO1.I. The molecule has 2 aliphatic rings. The normalized spacial score (nSPS) is 22.4. The molecule has 1 saturated carbocycles. The zero-order valence-electron chi connectivity index (χ0n) is 12.4. The molecule has 2 fully saturated rings. The molecular formula is C14H28IN3O2. The van der Waals surface area contributed by atoms with Gasteiger partial charge >= 0.3 is 0 Å². The second-order valence-corrected chi connectivity index (χ2v) is 5.39. The van der Waals surface area contributed by atoms with Crippen LogP contribution in [0.3, 0.4) is 0 Å². The van der Waals surface area contributed by atoms with Crippen molar-refractivity contribution in [1.29, 1.82) is 0 Å². The van der Waals surface area contributed by atoms with Crippen molar-refractivity contribution in [3.8, 4) is 0 Å². The summed E-state index contributed by atoms with van der Waals surface area (Å²) in [4.78, 5) is 4.20. The smallest absolute Gasteiger partial charge is 0.191 e. The molecule has 1 aliphatic carbocycles. The third kappa shape index (κ3) is 7.64. The van der Waals surface area contributed by atoms with Crippen LogP contribution in [0.5, 0.6) is 0 Å². The van der Waals surface area contributed by atoms with Crippen LogP contribution in [0.15, 0.2) is 4.99 Å². The first kappa shape index (κ1) is 18.0. The number of guanidine groups is 1. The molecule has 1 atom stereocenters. The van der Waals surface area contributed by atoms with E-state index in [1.165, 1.54) is 19.3 Å². The Hall–Kier alpha value is -0.0800. The molecule has 0 aromatic rings. The largest absolute Gasteiger partial charge is 0.381 e. The molecule has 118 valence electrons. The lowest BCUT2D eigenvalue weighted by atomic mass is 10.2. The van der Waals surface area contributed by atoms with Gasteiger partial charge in [0.1, 0.15) is 0 Å². The zero-order valence-corrected chi connectivity index (χ0v) is 14.7. The fourth-order valence-electron chi connectivity index (χ4n) is 2.15. The number of nitrogens with one attached hydrogen (secondary N) is 2. The summed E-state index contributed by atoms with van der Waals surface area (Å²) in [5.74, 6) is 1.71. The predicted molar refractivity (Wildman–Crippen MR) is 91.9 cm³/mol. The van der Waals surface area contributed by atoms with Crippen molar-refractivity contribution in [1.82, 2.24) is 10.6 Å². The van der Waals surface area contributed by atoms with Crippen LogP contribution in [-0.4, -0.2) is 52.0 Å². The van der Waals surface area contributed by atoms with E-state index in [9.17, 15) is 0 Å². The molecule has 0 aromatic carbocycles. The lowest BCUT2D eigenvalue weighted by Crippen LogP contribution is -2.41. The molecule has 5 nitrogen and oxygen atoms in total. The summed E-state index contributed by atoms with van der Waals surface area (Å²) in [6.45, 7) is 4.43. The Morgan fingerprint density at radius 1 is 1.30 bits per heavy atom. The molecule has 0 amide bonds. The van der Waals surface area contributed by atoms with Crippen LogP contribution in [0.25, 0.3) is 0 Å². The van der Waals surface area contributed by atoms with Crippen molar-refractivity contribution in [3.05, 3.63) is 0 Å². The molecule has 0 bridgehead atoms. The molecular weight excluding hydrogens is 369 g/mol. The van der Waals surface area contributed by atoms with Crippen molar-refractivity contribution < 1.29 is 9.47 Å². The van der Waals surface area contributed by atoms with Gasteiger partial charge in [-0.05, 0) is 38.0 Å². The minimum atomic E-state index is 0. The number of halogens is 1. The highest BCUT2D eigenvalue weighted by molar-refractivity contribution is 14.0. The number of rotatable bonds is 8. The number of nitrogens with zero attached hydrogens (tertiary/aromatic N) is 1. The van der Waals surface area contributed by atoms with E-state index < -0.39 is 0 Å². The van der Waals surface area contributed by atoms with Gasteiger partial charge in [0.15, 0.2) is 5.96 Å². The quantitative estimate of drug-likeness (QED) is 0.284. The van der Waals surface area contributed by atoms with Crippen LogP contribution in [0.2, 0.25) is 0 Å². The molecule has 1 saturated heterocycles. The van der Waals surface area contributed by atoms with Gasteiger partial charge in [0, 0.05) is 40.0 Å². The first-order valence-corrected chi connectivity index (χ1v) is 7.52. The van der Waals surface area contributed by atoms with Gasteiger partial charge in [0.2, 0.25) is 0 Å². The maximum absolute atomic E-state index is 5.59. The van der Waals surface area contributed by atoms with Gasteiger partial charge in [0.25, 0.3) is 0 Å². The monoisotopic (exact) mass is 397 g/mol. The topological polar surface area (TPSA) is 54.9 Å². The van der Waals surface area contributed by atoms with E-state index in [0.29, 0.717) is 6.10 Å². The van der Waals surface area contributed by atoms with Gasteiger partial charge in [-0.1, -0.05) is 0 Å².